The second-order valence-corrected chi connectivity index (χ2v) is 6.14. The van der Waals surface area contributed by atoms with Crippen LogP contribution in [0.25, 0.3) is 0 Å². The molecule has 1 fully saturated rings. The van der Waals surface area contributed by atoms with Crippen LogP contribution in [-0.2, 0) is 4.79 Å². The van der Waals surface area contributed by atoms with Crippen molar-refractivity contribution in [1.29, 1.82) is 0 Å². The van der Waals surface area contributed by atoms with E-state index in [0.29, 0.717) is 6.54 Å². The standard InChI is InChI=1S/C13H27N3O/c1-10-5-11(2)8-16(7-10)13(3,4)9-15-12(17)6-14/h10-11H,5-9,14H2,1-4H3,(H,15,17). The second kappa shape index (κ2) is 5.83. The Bertz CT molecular complexity index is 255. The third kappa shape index (κ3) is 4.28. The van der Waals surface area contributed by atoms with Crippen LogP contribution in [0.5, 0.6) is 0 Å². The molecule has 1 rings (SSSR count). The SMILES string of the molecule is CC1CC(C)CN(C(C)(C)CNC(=O)CN)C1. The van der Waals surface area contributed by atoms with Gasteiger partial charge in [-0.3, -0.25) is 9.69 Å². The number of rotatable bonds is 4. The average Bonchev–Trinajstić information content (AvgIpc) is 2.24. The Labute approximate surface area is 105 Å². The molecule has 100 valence electrons. The number of carbonyl (C=O) groups excluding carboxylic acids is 1. The molecule has 17 heavy (non-hydrogen) atoms. The van der Waals surface area contributed by atoms with Gasteiger partial charge in [0.05, 0.1) is 6.54 Å². The molecule has 0 aromatic carbocycles. The molecule has 0 spiro atoms. The zero-order chi connectivity index (χ0) is 13.1. The van der Waals surface area contributed by atoms with Crippen molar-refractivity contribution in [3.05, 3.63) is 0 Å². The van der Waals surface area contributed by atoms with Gasteiger partial charge in [0.25, 0.3) is 0 Å². The van der Waals surface area contributed by atoms with Crippen molar-refractivity contribution >= 4 is 5.91 Å². The molecular weight excluding hydrogens is 214 g/mol. The van der Waals surface area contributed by atoms with Crippen molar-refractivity contribution in [2.45, 2.75) is 39.7 Å². The summed E-state index contributed by atoms with van der Waals surface area (Å²) in [4.78, 5) is 13.7. The molecule has 0 bridgehead atoms. The summed E-state index contributed by atoms with van der Waals surface area (Å²) in [5.74, 6) is 1.41. The lowest BCUT2D eigenvalue weighted by Crippen LogP contribution is -2.56. The van der Waals surface area contributed by atoms with E-state index >= 15 is 0 Å². The molecule has 1 aliphatic heterocycles. The van der Waals surface area contributed by atoms with Gasteiger partial charge < -0.3 is 11.1 Å². The van der Waals surface area contributed by atoms with Gasteiger partial charge in [-0.2, -0.15) is 0 Å². The van der Waals surface area contributed by atoms with Crippen LogP contribution in [0.3, 0.4) is 0 Å². The van der Waals surface area contributed by atoms with Crippen molar-refractivity contribution < 1.29 is 4.79 Å². The molecule has 0 aromatic rings. The van der Waals surface area contributed by atoms with Crippen LogP contribution in [0.4, 0.5) is 0 Å². The number of nitrogens with two attached hydrogens (primary N) is 1. The lowest BCUT2D eigenvalue weighted by molar-refractivity contribution is -0.120. The summed E-state index contributed by atoms with van der Waals surface area (Å²) in [6, 6.07) is 0. The van der Waals surface area contributed by atoms with Crippen molar-refractivity contribution in [2.24, 2.45) is 17.6 Å². The van der Waals surface area contributed by atoms with Gasteiger partial charge in [0.1, 0.15) is 0 Å². The molecule has 1 saturated heterocycles. The van der Waals surface area contributed by atoms with Gasteiger partial charge in [-0.05, 0) is 32.1 Å². The highest BCUT2D eigenvalue weighted by Crippen LogP contribution is 2.26. The van der Waals surface area contributed by atoms with Crippen LogP contribution in [0.1, 0.15) is 34.1 Å². The minimum absolute atomic E-state index is 0.00771. The first kappa shape index (κ1) is 14.5. The Morgan fingerprint density at radius 1 is 1.35 bits per heavy atom. The zero-order valence-corrected chi connectivity index (χ0v) is 11.6. The zero-order valence-electron chi connectivity index (χ0n) is 11.6. The predicted molar refractivity (Wildman–Crippen MR) is 70.7 cm³/mol. The summed E-state index contributed by atoms with van der Waals surface area (Å²) in [5, 5.41) is 2.89. The van der Waals surface area contributed by atoms with Crippen LogP contribution >= 0.6 is 0 Å². The van der Waals surface area contributed by atoms with Crippen molar-refractivity contribution in [3.63, 3.8) is 0 Å². The fourth-order valence-corrected chi connectivity index (χ4v) is 2.66. The molecular formula is C13H27N3O. The summed E-state index contributed by atoms with van der Waals surface area (Å²) < 4.78 is 0. The summed E-state index contributed by atoms with van der Waals surface area (Å²) in [6.07, 6.45) is 1.31. The third-order valence-electron chi connectivity index (χ3n) is 3.63. The topological polar surface area (TPSA) is 58.4 Å². The van der Waals surface area contributed by atoms with E-state index in [4.69, 9.17) is 5.73 Å². The quantitative estimate of drug-likeness (QED) is 0.766. The number of amides is 1. The maximum atomic E-state index is 11.2. The molecule has 1 amide bonds. The first-order valence-corrected chi connectivity index (χ1v) is 6.57. The number of likely N-dealkylation sites (tertiary alicyclic amines) is 1. The minimum Gasteiger partial charge on any atom is -0.353 e. The normalized spacial score (nSPS) is 26.9. The van der Waals surface area contributed by atoms with E-state index in [1.807, 2.05) is 0 Å². The number of piperidine rings is 1. The van der Waals surface area contributed by atoms with E-state index in [1.54, 1.807) is 0 Å². The molecule has 0 saturated carbocycles. The van der Waals surface area contributed by atoms with Gasteiger partial charge >= 0.3 is 0 Å². The minimum atomic E-state index is -0.0730. The summed E-state index contributed by atoms with van der Waals surface area (Å²) in [5.41, 5.74) is 5.31. The van der Waals surface area contributed by atoms with Gasteiger partial charge in [-0.15, -0.1) is 0 Å². The Morgan fingerprint density at radius 3 is 2.35 bits per heavy atom. The number of carbonyl (C=O) groups is 1. The van der Waals surface area contributed by atoms with Crippen LogP contribution in [0, 0.1) is 11.8 Å². The first-order valence-electron chi connectivity index (χ1n) is 6.57. The van der Waals surface area contributed by atoms with Crippen LogP contribution in [0.15, 0.2) is 0 Å². The smallest absolute Gasteiger partial charge is 0.233 e. The monoisotopic (exact) mass is 241 g/mol. The fourth-order valence-electron chi connectivity index (χ4n) is 2.66. The summed E-state index contributed by atoms with van der Waals surface area (Å²) in [6.45, 7) is 12.0. The first-order chi connectivity index (χ1) is 7.85. The summed E-state index contributed by atoms with van der Waals surface area (Å²) in [7, 11) is 0. The van der Waals surface area contributed by atoms with Gasteiger partial charge in [0, 0.05) is 25.2 Å². The molecule has 2 atom stereocenters. The van der Waals surface area contributed by atoms with Crippen LogP contribution in [-0.4, -0.2) is 42.5 Å². The fraction of sp³-hybridized carbons (Fsp3) is 0.923. The van der Waals surface area contributed by atoms with Crippen molar-refractivity contribution in [3.8, 4) is 0 Å². The number of nitrogens with one attached hydrogen (secondary N) is 1. The van der Waals surface area contributed by atoms with Gasteiger partial charge in [-0.25, -0.2) is 0 Å². The van der Waals surface area contributed by atoms with E-state index < -0.39 is 0 Å². The lowest BCUT2D eigenvalue weighted by Gasteiger charge is -2.45. The van der Waals surface area contributed by atoms with Crippen molar-refractivity contribution in [1.82, 2.24) is 10.2 Å². The van der Waals surface area contributed by atoms with Crippen LogP contribution < -0.4 is 11.1 Å². The maximum Gasteiger partial charge on any atom is 0.233 e. The van der Waals surface area contributed by atoms with Gasteiger partial charge in [-0.1, -0.05) is 13.8 Å². The molecule has 3 N–H and O–H groups in total. The predicted octanol–water partition coefficient (Wildman–Crippen LogP) is 0.818. The van der Waals surface area contributed by atoms with E-state index in [0.717, 1.165) is 24.9 Å². The van der Waals surface area contributed by atoms with Gasteiger partial charge in [0.2, 0.25) is 5.91 Å². The van der Waals surface area contributed by atoms with E-state index in [1.165, 1.54) is 6.42 Å². The lowest BCUT2D eigenvalue weighted by atomic mass is 9.88. The Hall–Kier alpha value is -0.610. The number of hydrogen-bond acceptors (Lipinski definition) is 3. The molecule has 0 aliphatic carbocycles. The molecule has 2 unspecified atom stereocenters. The molecule has 1 aliphatic rings. The number of hydrogen-bond donors (Lipinski definition) is 2. The highest BCUT2D eigenvalue weighted by Gasteiger charge is 2.32. The second-order valence-electron chi connectivity index (χ2n) is 6.14. The summed E-state index contributed by atoms with van der Waals surface area (Å²) >= 11 is 0. The molecule has 0 radical (unpaired) electrons. The van der Waals surface area contributed by atoms with Crippen LogP contribution in [0.2, 0.25) is 0 Å². The highest BCUT2D eigenvalue weighted by atomic mass is 16.1. The number of nitrogens with zero attached hydrogens (tertiary/aromatic N) is 1. The Kier molecular flexibility index (Phi) is 4.95. The largest absolute Gasteiger partial charge is 0.353 e. The van der Waals surface area contributed by atoms with Crippen molar-refractivity contribution in [2.75, 3.05) is 26.2 Å². The average molecular weight is 241 g/mol. The van der Waals surface area contributed by atoms with E-state index in [2.05, 4.69) is 37.9 Å². The molecule has 1 heterocycles. The maximum absolute atomic E-state index is 11.2. The van der Waals surface area contributed by atoms with E-state index in [9.17, 15) is 4.79 Å². The van der Waals surface area contributed by atoms with Gasteiger partial charge in [0.15, 0.2) is 0 Å². The Balaban J connectivity index is 2.53. The molecule has 4 nitrogen and oxygen atoms in total. The molecule has 4 heteroatoms. The Morgan fingerprint density at radius 2 is 1.88 bits per heavy atom. The highest BCUT2D eigenvalue weighted by molar-refractivity contribution is 5.77. The molecule has 0 aromatic heterocycles. The third-order valence-corrected chi connectivity index (χ3v) is 3.63. The van der Waals surface area contributed by atoms with E-state index in [-0.39, 0.29) is 18.0 Å².